The summed E-state index contributed by atoms with van der Waals surface area (Å²) in [6.07, 6.45) is 0. The lowest BCUT2D eigenvalue weighted by atomic mass is 9.85. The minimum absolute atomic E-state index is 0.199. The third-order valence-corrected chi connectivity index (χ3v) is 3.87. The van der Waals surface area contributed by atoms with Crippen molar-refractivity contribution in [3.8, 4) is 0 Å². The van der Waals surface area contributed by atoms with Crippen molar-refractivity contribution in [1.29, 1.82) is 0 Å². The average molecular weight is 261 g/mol. The summed E-state index contributed by atoms with van der Waals surface area (Å²) in [6.45, 7) is 13.1. The van der Waals surface area contributed by atoms with Crippen molar-refractivity contribution in [3.63, 3.8) is 0 Å². The first-order valence-electron chi connectivity index (χ1n) is 7.29. The Hall–Kier alpha value is -1.06. The molecule has 1 saturated heterocycles. The van der Waals surface area contributed by atoms with Gasteiger partial charge in [-0.3, -0.25) is 4.90 Å². The highest BCUT2D eigenvalue weighted by Gasteiger charge is 2.23. The summed E-state index contributed by atoms with van der Waals surface area (Å²) < 4.78 is 0. The van der Waals surface area contributed by atoms with Crippen LogP contribution in [-0.2, 0) is 5.41 Å². The van der Waals surface area contributed by atoms with Crippen molar-refractivity contribution >= 4 is 5.69 Å². The molecule has 1 fully saturated rings. The van der Waals surface area contributed by atoms with Crippen LogP contribution >= 0.6 is 0 Å². The number of rotatable bonds is 3. The first kappa shape index (κ1) is 14.4. The quantitative estimate of drug-likeness (QED) is 0.904. The van der Waals surface area contributed by atoms with Gasteiger partial charge in [-0.2, -0.15) is 0 Å². The predicted molar refractivity (Wildman–Crippen MR) is 82.8 cm³/mol. The molecule has 1 aliphatic heterocycles. The zero-order valence-corrected chi connectivity index (χ0v) is 12.5. The minimum Gasteiger partial charge on any atom is -0.369 e. The number of hydrogen-bond acceptors (Lipinski definition) is 3. The molecule has 0 amide bonds. The molecule has 2 rings (SSSR count). The highest BCUT2D eigenvalue weighted by molar-refractivity contribution is 5.56. The Balaban J connectivity index is 2.12. The Bertz CT molecular complexity index is 401. The third kappa shape index (κ3) is 3.48. The number of nitrogens with zero attached hydrogens (tertiary/aromatic N) is 2. The Morgan fingerprint density at radius 3 is 2.26 bits per heavy atom. The smallest absolute Gasteiger partial charge is 0.0405 e. The SMILES string of the molecule is CC(C)(C)c1ccccc1N1CCN(CCN)CC1. The van der Waals surface area contributed by atoms with Gasteiger partial charge in [0.2, 0.25) is 0 Å². The van der Waals surface area contributed by atoms with Gasteiger partial charge in [0.1, 0.15) is 0 Å². The van der Waals surface area contributed by atoms with E-state index < -0.39 is 0 Å². The number of benzene rings is 1. The predicted octanol–water partition coefficient (Wildman–Crippen LogP) is 2.06. The Morgan fingerprint density at radius 2 is 1.68 bits per heavy atom. The summed E-state index contributed by atoms with van der Waals surface area (Å²) in [5.74, 6) is 0. The third-order valence-electron chi connectivity index (χ3n) is 3.87. The second-order valence-corrected chi connectivity index (χ2v) is 6.38. The lowest BCUT2D eigenvalue weighted by molar-refractivity contribution is 0.264. The van der Waals surface area contributed by atoms with Gasteiger partial charge in [-0.05, 0) is 17.0 Å². The molecule has 0 aliphatic carbocycles. The fraction of sp³-hybridized carbons (Fsp3) is 0.625. The summed E-state index contributed by atoms with van der Waals surface area (Å²) >= 11 is 0. The van der Waals surface area contributed by atoms with Crippen LogP contribution in [0, 0.1) is 0 Å². The molecule has 1 heterocycles. The normalized spacial score (nSPS) is 17.8. The van der Waals surface area contributed by atoms with Crippen LogP contribution in [0.2, 0.25) is 0 Å². The minimum atomic E-state index is 0.199. The molecule has 0 radical (unpaired) electrons. The standard InChI is InChI=1S/C16H27N3/c1-16(2,3)14-6-4-5-7-15(14)19-12-10-18(9-8-17)11-13-19/h4-7H,8-13,17H2,1-3H3. The summed E-state index contributed by atoms with van der Waals surface area (Å²) in [6, 6.07) is 8.83. The first-order chi connectivity index (χ1) is 9.02. The Morgan fingerprint density at radius 1 is 1.05 bits per heavy atom. The highest BCUT2D eigenvalue weighted by atomic mass is 15.3. The maximum absolute atomic E-state index is 5.63. The van der Waals surface area contributed by atoms with Gasteiger partial charge in [0.15, 0.2) is 0 Å². The number of para-hydroxylation sites is 1. The van der Waals surface area contributed by atoms with E-state index in [0.717, 1.165) is 39.3 Å². The molecular weight excluding hydrogens is 234 g/mol. The molecule has 0 bridgehead atoms. The van der Waals surface area contributed by atoms with E-state index in [2.05, 4.69) is 54.8 Å². The van der Waals surface area contributed by atoms with Crippen molar-refractivity contribution in [2.75, 3.05) is 44.2 Å². The van der Waals surface area contributed by atoms with Gasteiger partial charge < -0.3 is 10.6 Å². The molecule has 1 aromatic carbocycles. The van der Waals surface area contributed by atoms with Crippen molar-refractivity contribution in [1.82, 2.24) is 4.90 Å². The number of hydrogen-bond donors (Lipinski definition) is 1. The molecular formula is C16H27N3. The van der Waals surface area contributed by atoms with Gasteiger partial charge in [-0.25, -0.2) is 0 Å². The fourth-order valence-electron chi connectivity index (χ4n) is 2.78. The van der Waals surface area contributed by atoms with Gasteiger partial charge in [0.05, 0.1) is 0 Å². The van der Waals surface area contributed by atoms with Crippen LogP contribution in [0.4, 0.5) is 5.69 Å². The van der Waals surface area contributed by atoms with E-state index in [4.69, 9.17) is 5.73 Å². The molecule has 3 heteroatoms. The monoisotopic (exact) mass is 261 g/mol. The summed E-state index contributed by atoms with van der Waals surface area (Å²) in [4.78, 5) is 4.98. The topological polar surface area (TPSA) is 32.5 Å². The van der Waals surface area contributed by atoms with Crippen LogP contribution in [0.3, 0.4) is 0 Å². The number of anilines is 1. The Kier molecular flexibility index (Phi) is 4.48. The highest BCUT2D eigenvalue weighted by Crippen LogP contribution is 2.32. The fourth-order valence-corrected chi connectivity index (χ4v) is 2.78. The molecule has 19 heavy (non-hydrogen) atoms. The van der Waals surface area contributed by atoms with Crippen molar-refractivity contribution < 1.29 is 0 Å². The van der Waals surface area contributed by atoms with Gasteiger partial charge in [-0.1, -0.05) is 39.0 Å². The lowest BCUT2D eigenvalue weighted by Gasteiger charge is -2.38. The molecule has 0 atom stereocenters. The second-order valence-electron chi connectivity index (χ2n) is 6.38. The molecule has 3 nitrogen and oxygen atoms in total. The molecule has 1 aliphatic rings. The molecule has 0 unspecified atom stereocenters. The number of nitrogens with two attached hydrogens (primary N) is 1. The zero-order valence-electron chi connectivity index (χ0n) is 12.5. The Labute approximate surface area is 117 Å². The second kappa shape index (κ2) is 5.93. The number of piperazine rings is 1. The summed E-state index contributed by atoms with van der Waals surface area (Å²) in [5, 5.41) is 0. The van der Waals surface area contributed by atoms with E-state index in [0.29, 0.717) is 0 Å². The lowest BCUT2D eigenvalue weighted by Crippen LogP contribution is -2.48. The molecule has 2 N–H and O–H groups in total. The molecule has 106 valence electrons. The van der Waals surface area contributed by atoms with Crippen LogP contribution in [0.15, 0.2) is 24.3 Å². The van der Waals surface area contributed by atoms with Crippen molar-refractivity contribution in [2.24, 2.45) is 5.73 Å². The van der Waals surface area contributed by atoms with Crippen LogP contribution < -0.4 is 10.6 Å². The molecule has 1 aromatic rings. The summed E-state index contributed by atoms with van der Waals surface area (Å²) in [5.41, 5.74) is 8.68. The van der Waals surface area contributed by atoms with E-state index in [1.54, 1.807) is 0 Å². The van der Waals surface area contributed by atoms with Crippen molar-refractivity contribution in [3.05, 3.63) is 29.8 Å². The molecule has 0 spiro atoms. The van der Waals surface area contributed by atoms with Gasteiger partial charge >= 0.3 is 0 Å². The van der Waals surface area contributed by atoms with Crippen LogP contribution in [0.25, 0.3) is 0 Å². The zero-order chi connectivity index (χ0) is 13.9. The molecule has 0 saturated carbocycles. The van der Waals surface area contributed by atoms with E-state index in [-0.39, 0.29) is 5.41 Å². The van der Waals surface area contributed by atoms with Gasteiger partial charge in [0, 0.05) is 45.0 Å². The van der Waals surface area contributed by atoms with Crippen molar-refractivity contribution in [2.45, 2.75) is 26.2 Å². The van der Waals surface area contributed by atoms with E-state index in [9.17, 15) is 0 Å². The van der Waals surface area contributed by atoms with E-state index in [1.165, 1.54) is 11.3 Å². The maximum Gasteiger partial charge on any atom is 0.0405 e. The van der Waals surface area contributed by atoms with Crippen LogP contribution in [-0.4, -0.2) is 44.2 Å². The summed E-state index contributed by atoms with van der Waals surface area (Å²) in [7, 11) is 0. The maximum atomic E-state index is 5.63. The largest absolute Gasteiger partial charge is 0.369 e. The van der Waals surface area contributed by atoms with Gasteiger partial charge in [0.25, 0.3) is 0 Å². The average Bonchev–Trinajstić information content (AvgIpc) is 2.39. The van der Waals surface area contributed by atoms with E-state index in [1.807, 2.05) is 0 Å². The first-order valence-corrected chi connectivity index (χ1v) is 7.29. The van der Waals surface area contributed by atoms with Gasteiger partial charge in [-0.15, -0.1) is 0 Å². The van der Waals surface area contributed by atoms with Crippen LogP contribution in [0.5, 0.6) is 0 Å². The van der Waals surface area contributed by atoms with E-state index >= 15 is 0 Å². The molecule has 0 aromatic heterocycles. The van der Waals surface area contributed by atoms with Crippen LogP contribution in [0.1, 0.15) is 26.3 Å².